The van der Waals surface area contributed by atoms with Crippen LogP contribution in [0.25, 0.3) is 10.6 Å². The fourth-order valence-corrected chi connectivity index (χ4v) is 3.98. The van der Waals surface area contributed by atoms with E-state index in [9.17, 15) is 0 Å². The molecule has 1 N–H and O–H groups in total. The lowest BCUT2D eigenvalue weighted by molar-refractivity contribution is 0.395. The fourth-order valence-electron chi connectivity index (χ4n) is 2.79. The number of rotatable bonds is 4. The zero-order valence-electron chi connectivity index (χ0n) is 12.6. The van der Waals surface area contributed by atoms with E-state index in [1.54, 1.807) is 25.6 Å². The van der Waals surface area contributed by atoms with Crippen molar-refractivity contribution < 1.29 is 9.47 Å². The third-order valence-electron chi connectivity index (χ3n) is 3.94. The molecule has 1 aromatic heterocycles. The van der Waals surface area contributed by atoms with Crippen LogP contribution in [-0.2, 0) is 6.42 Å². The highest BCUT2D eigenvalue weighted by Gasteiger charge is 2.24. The molecule has 4 nitrogen and oxygen atoms in total. The van der Waals surface area contributed by atoms with E-state index in [-0.39, 0.29) is 0 Å². The Kier molecular flexibility index (Phi) is 4.12. The number of hydrogen-bond donors (Lipinski definition) is 1. The average molecular weight is 304 g/mol. The van der Waals surface area contributed by atoms with Crippen LogP contribution in [0.15, 0.2) is 18.2 Å². The topological polar surface area (TPSA) is 43.4 Å². The van der Waals surface area contributed by atoms with Gasteiger partial charge in [-0.05, 0) is 38.4 Å². The first-order chi connectivity index (χ1) is 10.3. The van der Waals surface area contributed by atoms with Crippen LogP contribution in [0.2, 0.25) is 0 Å². The molecule has 1 aliphatic carbocycles. The number of nitrogens with one attached hydrogen (secondary N) is 1. The number of aromatic nitrogens is 1. The van der Waals surface area contributed by atoms with Crippen LogP contribution in [-0.4, -0.2) is 26.3 Å². The highest BCUT2D eigenvalue weighted by molar-refractivity contribution is 7.15. The number of hydrogen-bond acceptors (Lipinski definition) is 5. The van der Waals surface area contributed by atoms with Gasteiger partial charge in [0.1, 0.15) is 16.5 Å². The third kappa shape index (κ3) is 2.63. The Balaban J connectivity index is 2.03. The Morgan fingerprint density at radius 1 is 1.29 bits per heavy atom. The molecular formula is C16H20N2O2S. The Morgan fingerprint density at radius 3 is 2.86 bits per heavy atom. The lowest BCUT2D eigenvalue weighted by Gasteiger charge is -2.19. The second-order valence-electron chi connectivity index (χ2n) is 5.13. The highest BCUT2D eigenvalue weighted by atomic mass is 32.1. The lowest BCUT2D eigenvalue weighted by atomic mass is 9.98. The summed E-state index contributed by atoms with van der Waals surface area (Å²) >= 11 is 1.78. The van der Waals surface area contributed by atoms with E-state index in [0.29, 0.717) is 6.04 Å². The van der Waals surface area contributed by atoms with Gasteiger partial charge < -0.3 is 14.8 Å². The van der Waals surface area contributed by atoms with Gasteiger partial charge in [-0.15, -0.1) is 11.3 Å². The Labute approximate surface area is 129 Å². The predicted molar refractivity (Wildman–Crippen MR) is 85.4 cm³/mol. The molecule has 0 aliphatic heterocycles. The summed E-state index contributed by atoms with van der Waals surface area (Å²) in [5, 5.41) is 4.39. The molecule has 21 heavy (non-hydrogen) atoms. The van der Waals surface area contributed by atoms with E-state index in [4.69, 9.17) is 14.5 Å². The van der Waals surface area contributed by atoms with Gasteiger partial charge in [-0.2, -0.15) is 0 Å². The molecule has 1 atom stereocenters. The first-order valence-electron chi connectivity index (χ1n) is 7.16. The molecule has 0 bridgehead atoms. The van der Waals surface area contributed by atoms with Crippen LogP contribution in [0.5, 0.6) is 11.5 Å². The molecule has 0 radical (unpaired) electrons. The first-order valence-corrected chi connectivity index (χ1v) is 7.97. The molecule has 2 aromatic rings. The van der Waals surface area contributed by atoms with Crippen molar-refractivity contribution in [3.63, 3.8) is 0 Å². The van der Waals surface area contributed by atoms with Gasteiger partial charge in [0.2, 0.25) is 0 Å². The van der Waals surface area contributed by atoms with Gasteiger partial charge in [0.15, 0.2) is 0 Å². The van der Waals surface area contributed by atoms with E-state index < -0.39 is 0 Å². The van der Waals surface area contributed by atoms with Gasteiger partial charge in [-0.3, -0.25) is 0 Å². The standard InChI is InChI=1S/C16H20N2O2S/c1-17-12-5-4-6-14-15(12)18-16(21-14)11-8-7-10(19-2)9-13(11)20-3/h7-9,12,17H,4-6H2,1-3H3. The van der Waals surface area contributed by atoms with Crippen molar-refractivity contribution >= 4 is 11.3 Å². The van der Waals surface area contributed by atoms with Crippen molar-refractivity contribution in [2.75, 3.05) is 21.3 Å². The van der Waals surface area contributed by atoms with E-state index in [2.05, 4.69) is 5.32 Å². The van der Waals surface area contributed by atoms with Crippen LogP contribution in [0.3, 0.4) is 0 Å². The number of methoxy groups -OCH3 is 2. The summed E-state index contributed by atoms with van der Waals surface area (Å²) in [6.07, 6.45) is 3.51. The Morgan fingerprint density at radius 2 is 2.14 bits per heavy atom. The SMILES string of the molecule is CNC1CCCc2sc(-c3ccc(OC)cc3OC)nc21. The molecule has 1 aromatic carbocycles. The summed E-state index contributed by atoms with van der Waals surface area (Å²) in [6, 6.07) is 6.26. The minimum atomic E-state index is 0.378. The number of thiazole rings is 1. The van der Waals surface area contributed by atoms with E-state index in [1.807, 2.05) is 25.2 Å². The van der Waals surface area contributed by atoms with Crippen LogP contribution < -0.4 is 14.8 Å². The van der Waals surface area contributed by atoms with Crippen molar-refractivity contribution in [1.29, 1.82) is 0 Å². The highest BCUT2D eigenvalue weighted by Crippen LogP contribution is 2.40. The maximum atomic E-state index is 5.50. The third-order valence-corrected chi connectivity index (χ3v) is 5.11. The molecule has 3 rings (SSSR count). The summed E-state index contributed by atoms with van der Waals surface area (Å²) in [5.41, 5.74) is 2.24. The molecule has 1 unspecified atom stereocenters. The Bertz CT molecular complexity index is 639. The predicted octanol–water partition coefficient (Wildman–Crippen LogP) is 3.42. The van der Waals surface area contributed by atoms with Crippen molar-refractivity contribution in [2.45, 2.75) is 25.3 Å². The number of ether oxygens (including phenoxy) is 2. The molecule has 0 spiro atoms. The molecule has 1 heterocycles. The van der Waals surface area contributed by atoms with E-state index in [1.165, 1.54) is 17.0 Å². The maximum Gasteiger partial charge on any atom is 0.132 e. The van der Waals surface area contributed by atoms with Crippen molar-refractivity contribution in [1.82, 2.24) is 10.3 Å². The summed E-state index contributed by atoms with van der Waals surface area (Å²) < 4.78 is 10.8. The van der Waals surface area contributed by atoms with Crippen molar-refractivity contribution in [2.24, 2.45) is 0 Å². The van der Waals surface area contributed by atoms with Gasteiger partial charge in [0, 0.05) is 10.9 Å². The second kappa shape index (κ2) is 6.03. The van der Waals surface area contributed by atoms with Crippen molar-refractivity contribution in [3.05, 3.63) is 28.8 Å². The number of fused-ring (bicyclic) bond motifs is 1. The monoisotopic (exact) mass is 304 g/mol. The first kappa shape index (κ1) is 14.4. The average Bonchev–Trinajstić information content (AvgIpc) is 2.97. The van der Waals surface area contributed by atoms with Crippen LogP contribution in [0.4, 0.5) is 0 Å². The smallest absolute Gasteiger partial charge is 0.132 e. The largest absolute Gasteiger partial charge is 0.497 e. The second-order valence-corrected chi connectivity index (χ2v) is 6.21. The van der Waals surface area contributed by atoms with Gasteiger partial charge in [-0.1, -0.05) is 0 Å². The van der Waals surface area contributed by atoms with E-state index in [0.717, 1.165) is 34.9 Å². The number of benzene rings is 1. The Hall–Kier alpha value is -1.59. The van der Waals surface area contributed by atoms with Gasteiger partial charge in [0.05, 0.1) is 31.5 Å². The molecule has 0 saturated heterocycles. The van der Waals surface area contributed by atoms with E-state index >= 15 is 0 Å². The molecule has 1 aliphatic rings. The van der Waals surface area contributed by atoms with Gasteiger partial charge in [0.25, 0.3) is 0 Å². The van der Waals surface area contributed by atoms with Gasteiger partial charge in [-0.25, -0.2) is 4.98 Å². The summed E-state index contributed by atoms with van der Waals surface area (Å²) in [4.78, 5) is 6.27. The molecule has 0 fully saturated rings. The summed E-state index contributed by atoms with van der Waals surface area (Å²) in [5.74, 6) is 1.60. The quantitative estimate of drug-likeness (QED) is 0.940. The van der Waals surface area contributed by atoms with Crippen LogP contribution >= 0.6 is 11.3 Å². The van der Waals surface area contributed by atoms with Crippen molar-refractivity contribution in [3.8, 4) is 22.1 Å². The molecule has 112 valence electrons. The number of aryl methyl sites for hydroxylation is 1. The summed E-state index contributed by atoms with van der Waals surface area (Å²) in [7, 11) is 5.35. The van der Waals surface area contributed by atoms with Crippen LogP contribution in [0.1, 0.15) is 29.5 Å². The molecule has 0 amide bonds. The molecule has 0 saturated carbocycles. The minimum absolute atomic E-state index is 0.378. The van der Waals surface area contributed by atoms with Crippen LogP contribution in [0, 0.1) is 0 Å². The summed E-state index contributed by atoms with van der Waals surface area (Å²) in [6.45, 7) is 0. The lowest BCUT2D eigenvalue weighted by Crippen LogP contribution is -2.21. The van der Waals surface area contributed by atoms with Gasteiger partial charge >= 0.3 is 0 Å². The minimum Gasteiger partial charge on any atom is -0.497 e. The zero-order chi connectivity index (χ0) is 14.8. The normalized spacial score (nSPS) is 17.4. The fraction of sp³-hybridized carbons (Fsp3) is 0.438. The number of nitrogens with zero attached hydrogens (tertiary/aromatic N) is 1. The molecule has 5 heteroatoms. The zero-order valence-corrected chi connectivity index (χ0v) is 13.4. The molecular weight excluding hydrogens is 284 g/mol. The maximum absolute atomic E-state index is 5.50.